The standard InChI is InChI=1S/C28H35N5O4S/c1-5-37-25-9-7-6-8-24(25)31-14-16-32(17-15-31)27(34)23-19-38-26(30-23)18-33(20(2)3)28(35)29-21-10-12-22(36-4)13-11-21/h6-13,19-20H,5,14-18H2,1-4H3,(H,29,35). The molecule has 1 N–H and O–H groups in total. The zero-order valence-electron chi connectivity index (χ0n) is 22.3. The van der Waals surface area contributed by atoms with Gasteiger partial charge in [-0.2, -0.15) is 0 Å². The number of aromatic nitrogens is 1. The molecule has 0 atom stereocenters. The van der Waals surface area contributed by atoms with Crippen LogP contribution in [0.15, 0.2) is 53.9 Å². The van der Waals surface area contributed by atoms with E-state index < -0.39 is 0 Å². The van der Waals surface area contributed by atoms with Crippen LogP contribution in [0.5, 0.6) is 11.5 Å². The fourth-order valence-corrected chi connectivity index (χ4v) is 5.06. The number of carbonyl (C=O) groups excluding carboxylic acids is 2. The molecule has 0 bridgehead atoms. The molecule has 0 aliphatic carbocycles. The molecule has 0 spiro atoms. The zero-order chi connectivity index (χ0) is 27.1. The first-order valence-electron chi connectivity index (χ1n) is 12.8. The van der Waals surface area contributed by atoms with Crippen LogP contribution in [0.4, 0.5) is 16.2 Å². The van der Waals surface area contributed by atoms with Gasteiger partial charge in [0.25, 0.3) is 5.91 Å². The van der Waals surface area contributed by atoms with Crippen LogP contribution < -0.4 is 19.7 Å². The third kappa shape index (κ3) is 6.55. The smallest absolute Gasteiger partial charge is 0.322 e. The molecule has 1 saturated heterocycles. The van der Waals surface area contributed by atoms with Gasteiger partial charge in [-0.3, -0.25) is 4.79 Å². The lowest BCUT2D eigenvalue weighted by molar-refractivity contribution is 0.0741. The molecule has 0 unspecified atom stereocenters. The highest BCUT2D eigenvalue weighted by Gasteiger charge is 2.26. The number of benzene rings is 2. The quantitative estimate of drug-likeness (QED) is 0.415. The van der Waals surface area contributed by atoms with E-state index >= 15 is 0 Å². The fourth-order valence-electron chi connectivity index (χ4n) is 4.29. The lowest BCUT2D eigenvalue weighted by atomic mass is 10.2. The molecule has 202 valence electrons. The lowest BCUT2D eigenvalue weighted by Crippen LogP contribution is -2.49. The van der Waals surface area contributed by atoms with Crippen LogP contribution in [0.1, 0.15) is 36.3 Å². The Hall–Kier alpha value is -3.79. The molecule has 1 aromatic heterocycles. The molecule has 2 heterocycles. The first-order valence-corrected chi connectivity index (χ1v) is 13.7. The first-order chi connectivity index (χ1) is 18.4. The molecule has 4 rings (SSSR count). The molecule has 2 aromatic carbocycles. The van der Waals surface area contributed by atoms with Crippen molar-refractivity contribution in [2.45, 2.75) is 33.4 Å². The normalized spacial score (nSPS) is 13.4. The van der Waals surface area contributed by atoms with Crippen molar-refractivity contribution in [3.63, 3.8) is 0 Å². The van der Waals surface area contributed by atoms with Gasteiger partial charge < -0.3 is 29.5 Å². The van der Waals surface area contributed by atoms with Crippen LogP contribution in [0.25, 0.3) is 0 Å². The maximum absolute atomic E-state index is 13.2. The van der Waals surface area contributed by atoms with Crippen LogP contribution in [0, 0.1) is 0 Å². The summed E-state index contributed by atoms with van der Waals surface area (Å²) in [6.45, 7) is 9.47. The summed E-state index contributed by atoms with van der Waals surface area (Å²) in [6, 6.07) is 14.9. The van der Waals surface area contributed by atoms with Crippen molar-refractivity contribution >= 4 is 34.6 Å². The van der Waals surface area contributed by atoms with E-state index in [1.807, 2.05) is 43.9 Å². The highest BCUT2D eigenvalue weighted by Crippen LogP contribution is 2.29. The van der Waals surface area contributed by atoms with Crippen molar-refractivity contribution in [3.05, 3.63) is 64.6 Å². The van der Waals surface area contributed by atoms with Gasteiger partial charge in [-0.1, -0.05) is 12.1 Å². The van der Waals surface area contributed by atoms with Crippen molar-refractivity contribution in [2.24, 2.45) is 0 Å². The molecule has 0 radical (unpaired) electrons. The average molecular weight is 538 g/mol. The minimum Gasteiger partial charge on any atom is -0.497 e. The number of amides is 3. The summed E-state index contributed by atoms with van der Waals surface area (Å²) in [4.78, 5) is 36.6. The fraction of sp³-hybridized carbons (Fsp3) is 0.393. The Bertz CT molecular complexity index is 1220. The van der Waals surface area contributed by atoms with E-state index in [1.54, 1.807) is 41.7 Å². The number of rotatable bonds is 9. The highest BCUT2D eigenvalue weighted by atomic mass is 32.1. The molecule has 3 aromatic rings. The third-order valence-corrected chi connectivity index (χ3v) is 7.21. The number of thiazole rings is 1. The molecular formula is C28H35N5O4S. The minimum absolute atomic E-state index is 0.0519. The summed E-state index contributed by atoms with van der Waals surface area (Å²) in [5, 5.41) is 5.43. The second-order valence-corrected chi connectivity index (χ2v) is 10.1. The monoisotopic (exact) mass is 537 g/mol. The van der Waals surface area contributed by atoms with Gasteiger partial charge in [0.15, 0.2) is 0 Å². The van der Waals surface area contributed by atoms with Crippen LogP contribution >= 0.6 is 11.3 Å². The maximum Gasteiger partial charge on any atom is 0.322 e. The van der Waals surface area contributed by atoms with Gasteiger partial charge in [-0.25, -0.2) is 9.78 Å². The van der Waals surface area contributed by atoms with Crippen molar-refractivity contribution < 1.29 is 19.1 Å². The van der Waals surface area contributed by atoms with Gasteiger partial charge in [0.2, 0.25) is 0 Å². The molecule has 38 heavy (non-hydrogen) atoms. The van der Waals surface area contributed by atoms with E-state index in [9.17, 15) is 9.59 Å². The Morgan fingerprint density at radius 3 is 2.45 bits per heavy atom. The van der Waals surface area contributed by atoms with E-state index in [4.69, 9.17) is 9.47 Å². The van der Waals surface area contributed by atoms with Gasteiger partial charge in [-0.05, 0) is 57.2 Å². The summed E-state index contributed by atoms with van der Waals surface area (Å²) in [5.74, 6) is 1.51. The number of urea groups is 1. The lowest BCUT2D eigenvalue weighted by Gasteiger charge is -2.36. The molecule has 3 amide bonds. The summed E-state index contributed by atoms with van der Waals surface area (Å²) in [5.41, 5.74) is 2.16. The molecule has 9 nitrogen and oxygen atoms in total. The minimum atomic E-state index is -0.225. The van der Waals surface area contributed by atoms with E-state index in [1.165, 1.54) is 11.3 Å². The molecular weight excluding hydrogens is 502 g/mol. The van der Waals surface area contributed by atoms with Gasteiger partial charge in [-0.15, -0.1) is 11.3 Å². The van der Waals surface area contributed by atoms with Crippen LogP contribution in [-0.4, -0.2) is 72.7 Å². The van der Waals surface area contributed by atoms with Crippen LogP contribution in [-0.2, 0) is 6.54 Å². The predicted molar refractivity (Wildman–Crippen MR) is 151 cm³/mol. The number of nitrogens with zero attached hydrogens (tertiary/aromatic N) is 4. The van der Waals surface area contributed by atoms with Gasteiger partial charge in [0.05, 0.1) is 25.9 Å². The molecule has 1 fully saturated rings. The summed E-state index contributed by atoms with van der Waals surface area (Å²) in [6.07, 6.45) is 0. The predicted octanol–water partition coefficient (Wildman–Crippen LogP) is 4.96. The van der Waals surface area contributed by atoms with Crippen LogP contribution in [0.2, 0.25) is 0 Å². The Kier molecular flexibility index (Phi) is 9.06. The number of hydrogen-bond donors (Lipinski definition) is 1. The Morgan fingerprint density at radius 1 is 1.08 bits per heavy atom. The molecule has 1 aliphatic rings. The number of para-hydroxylation sites is 2. The van der Waals surface area contributed by atoms with Crippen molar-refractivity contribution in [1.29, 1.82) is 0 Å². The number of methoxy groups -OCH3 is 1. The third-order valence-electron chi connectivity index (χ3n) is 6.37. The average Bonchev–Trinajstić information content (AvgIpc) is 3.41. The molecule has 0 saturated carbocycles. The summed E-state index contributed by atoms with van der Waals surface area (Å²) in [7, 11) is 1.60. The van der Waals surface area contributed by atoms with Gasteiger partial charge in [0.1, 0.15) is 22.2 Å². The molecule has 10 heteroatoms. The van der Waals surface area contributed by atoms with E-state index in [0.29, 0.717) is 37.6 Å². The molecule has 1 aliphatic heterocycles. The zero-order valence-corrected chi connectivity index (χ0v) is 23.2. The Labute approximate surface area is 228 Å². The maximum atomic E-state index is 13.2. The topological polar surface area (TPSA) is 87.2 Å². The number of hydrogen-bond acceptors (Lipinski definition) is 7. The van der Waals surface area contributed by atoms with Crippen molar-refractivity contribution in [2.75, 3.05) is 50.1 Å². The summed E-state index contributed by atoms with van der Waals surface area (Å²) < 4.78 is 11.0. The van der Waals surface area contributed by atoms with Crippen molar-refractivity contribution in [3.8, 4) is 11.5 Å². The van der Waals surface area contributed by atoms with Gasteiger partial charge in [0, 0.05) is 43.3 Å². The van der Waals surface area contributed by atoms with E-state index in [0.717, 1.165) is 35.3 Å². The van der Waals surface area contributed by atoms with Gasteiger partial charge >= 0.3 is 6.03 Å². The number of piperazine rings is 1. The number of carbonyl (C=O) groups is 2. The second-order valence-electron chi connectivity index (χ2n) is 9.19. The van der Waals surface area contributed by atoms with Crippen molar-refractivity contribution in [1.82, 2.24) is 14.8 Å². The Balaban J connectivity index is 1.35. The number of ether oxygens (including phenoxy) is 2. The van der Waals surface area contributed by atoms with Crippen LogP contribution in [0.3, 0.4) is 0 Å². The van der Waals surface area contributed by atoms with E-state index in [2.05, 4.69) is 21.3 Å². The summed E-state index contributed by atoms with van der Waals surface area (Å²) >= 11 is 1.40. The number of nitrogens with one attached hydrogen (secondary N) is 1. The SMILES string of the molecule is CCOc1ccccc1N1CCN(C(=O)c2csc(CN(C(=O)Nc3ccc(OC)cc3)C(C)C)n2)CC1. The highest BCUT2D eigenvalue weighted by molar-refractivity contribution is 7.09. The number of anilines is 2. The Morgan fingerprint density at radius 2 is 1.79 bits per heavy atom. The second kappa shape index (κ2) is 12.6. The largest absolute Gasteiger partial charge is 0.497 e. The first kappa shape index (κ1) is 27.3. The van der Waals surface area contributed by atoms with E-state index in [-0.39, 0.29) is 18.0 Å².